The van der Waals surface area contributed by atoms with Gasteiger partial charge in [0.1, 0.15) is 5.75 Å². The predicted molar refractivity (Wildman–Crippen MR) is 77.2 cm³/mol. The van der Waals surface area contributed by atoms with Crippen LogP contribution in [-0.4, -0.2) is 16.5 Å². The lowest BCUT2D eigenvalue weighted by molar-refractivity contribution is 0.461. The number of ether oxygens (including phenoxy) is 1. The van der Waals surface area contributed by atoms with E-state index < -0.39 is 0 Å². The molecule has 0 aliphatic carbocycles. The zero-order valence-corrected chi connectivity index (χ0v) is 12.0. The maximum absolute atomic E-state index is 6.10. The van der Waals surface area contributed by atoms with Crippen LogP contribution >= 0.6 is 11.6 Å². The van der Waals surface area contributed by atoms with Crippen molar-refractivity contribution in [1.82, 2.24) is 9.97 Å². The maximum atomic E-state index is 6.10. The molecule has 0 amide bonds. The average Bonchev–Trinajstić information content (AvgIpc) is 2.33. The van der Waals surface area contributed by atoms with Crippen molar-refractivity contribution >= 4 is 17.5 Å². The first-order chi connectivity index (χ1) is 9.08. The minimum atomic E-state index is 0.482. The fourth-order valence-electron chi connectivity index (χ4n) is 1.63. The maximum Gasteiger partial charge on any atom is 0.226 e. The normalized spacial score (nSPS) is 10.3. The molecule has 19 heavy (non-hydrogen) atoms. The quantitative estimate of drug-likeness (QED) is 0.918. The minimum absolute atomic E-state index is 0.482. The van der Waals surface area contributed by atoms with Gasteiger partial charge in [0.2, 0.25) is 11.8 Å². The number of hydrogen-bond acceptors (Lipinski definition) is 4. The van der Waals surface area contributed by atoms with E-state index in [2.05, 4.69) is 15.3 Å². The summed E-state index contributed by atoms with van der Waals surface area (Å²) in [7, 11) is 0. The van der Waals surface area contributed by atoms with Gasteiger partial charge in [0.05, 0.1) is 5.02 Å². The number of aromatic nitrogens is 2. The minimum Gasteiger partial charge on any atom is -0.437 e. The molecule has 1 N–H and O–H groups in total. The van der Waals surface area contributed by atoms with Crippen LogP contribution in [0.4, 0.5) is 5.95 Å². The third kappa shape index (κ3) is 3.58. The Morgan fingerprint density at radius 2 is 2.00 bits per heavy atom. The molecule has 0 radical (unpaired) electrons. The average molecular weight is 278 g/mol. The predicted octanol–water partition coefficient (Wildman–Crippen LogP) is 3.97. The molecule has 0 aliphatic rings. The molecule has 0 saturated heterocycles. The fourth-order valence-corrected chi connectivity index (χ4v) is 1.79. The highest BCUT2D eigenvalue weighted by Crippen LogP contribution is 2.29. The third-order valence-corrected chi connectivity index (χ3v) is 2.78. The van der Waals surface area contributed by atoms with Crippen molar-refractivity contribution in [2.75, 3.05) is 11.9 Å². The van der Waals surface area contributed by atoms with Crippen LogP contribution in [0.2, 0.25) is 5.02 Å². The number of aryl methyl sites for hydroxylation is 2. The summed E-state index contributed by atoms with van der Waals surface area (Å²) in [5.74, 6) is 1.64. The summed E-state index contributed by atoms with van der Waals surface area (Å²) in [5, 5.41) is 3.63. The van der Waals surface area contributed by atoms with Crippen LogP contribution in [0.15, 0.2) is 24.3 Å². The number of rotatable bonds is 4. The van der Waals surface area contributed by atoms with Gasteiger partial charge in [0.15, 0.2) is 0 Å². The summed E-state index contributed by atoms with van der Waals surface area (Å²) in [6.07, 6.45) is 0. The molecular weight excluding hydrogens is 262 g/mol. The summed E-state index contributed by atoms with van der Waals surface area (Å²) in [6.45, 7) is 6.63. The van der Waals surface area contributed by atoms with Crippen LogP contribution in [0, 0.1) is 13.8 Å². The Balaban J connectivity index is 2.29. The molecule has 0 unspecified atom stereocenters. The fraction of sp³-hybridized carbons (Fsp3) is 0.286. The van der Waals surface area contributed by atoms with Crippen LogP contribution in [-0.2, 0) is 0 Å². The Hall–Kier alpha value is -1.81. The van der Waals surface area contributed by atoms with Gasteiger partial charge in [-0.25, -0.2) is 4.98 Å². The van der Waals surface area contributed by atoms with Gasteiger partial charge in [0.25, 0.3) is 0 Å². The van der Waals surface area contributed by atoms with Crippen LogP contribution in [0.5, 0.6) is 11.6 Å². The van der Waals surface area contributed by atoms with Crippen molar-refractivity contribution in [3.05, 3.63) is 40.5 Å². The molecule has 0 atom stereocenters. The monoisotopic (exact) mass is 277 g/mol. The first-order valence-corrected chi connectivity index (χ1v) is 6.50. The lowest BCUT2D eigenvalue weighted by Gasteiger charge is -2.10. The van der Waals surface area contributed by atoms with Crippen LogP contribution in [0.3, 0.4) is 0 Å². The van der Waals surface area contributed by atoms with Crippen LogP contribution < -0.4 is 10.1 Å². The number of anilines is 1. The number of nitrogens with one attached hydrogen (secondary N) is 1. The summed E-state index contributed by atoms with van der Waals surface area (Å²) in [5.41, 5.74) is 1.92. The van der Waals surface area contributed by atoms with E-state index in [-0.39, 0.29) is 0 Å². The molecule has 1 heterocycles. The first kappa shape index (κ1) is 13.6. The van der Waals surface area contributed by atoms with Gasteiger partial charge < -0.3 is 10.1 Å². The number of nitrogens with zero attached hydrogens (tertiary/aromatic N) is 2. The second-order valence-corrected chi connectivity index (χ2v) is 4.64. The van der Waals surface area contributed by atoms with E-state index in [1.54, 1.807) is 6.07 Å². The Bertz CT molecular complexity index is 587. The first-order valence-electron chi connectivity index (χ1n) is 6.12. The molecule has 4 nitrogen and oxygen atoms in total. The molecule has 5 heteroatoms. The Morgan fingerprint density at radius 1 is 1.21 bits per heavy atom. The van der Waals surface area contributed by atoms with Crippen molar-refractivity contribution in [3.63, 3.8) is 0 Å². The number of benzene rings is 1. The molecule has 2 rings (SSSR count). The van der Waals surface area contributed by atoms with Gasteiger partial charge in [-0.1, -0.05) is 17.7 Å². The number of hydrogen-bond donors (Lipinski definition) is 1. The van der Waals surface area contributed by atoms with Crippen LogP contribution in [0.1, 0.15) is 18.2 Å². The molecule has 100 valence electrons. The van der Waals surface area contributed by atoms with Crippen molar-refractivity contribution in [2.24, 2.45) is 0 Å². The zero-order chi connectivity index (χ0) is 13.8. The molecular formula is C14H16ClN3O. The van der Waals surface area contributed by atoms with Gasteiger partial charge in [-0.05, 0) is 38.5 Å². The molecule has 0 bridgehead atoms. The van der Waals surface area contributed by atoms with E-state index in [1.807, 2.05) is 39.0 Å². The van der Waals surface area contributed by atoms with E-state index in [1.165, 1.54) is 0 Å². The lowest BCUT2D eigenvalue weighted by atomic mass is 10.2. The highest BCUT2D eigenvalue weighted by molar-refractivity contribution is 6.32. The largest absolute Gasteiger partial charge is 0.437 e. The van der Waals surface area contributed by atoms with Crippen molar-refractivity contribution < 1.29 is 4.74 Å². The zero-order valence-electron chi connectivity index (χ0n) is 11.2. The van der Waals surface area contributed by atoms with Gasteiger partial charge in [-0.3, -0.25) is 0 Å². The van der Waals surface area contributed by atoms with Crippen molar-refractivity contribution in [1.29, 1.82) is 0 Å². The van der Waals surface area contributed by atoms with Gasteiger partial charge in [-0.2, -0.15) is 4.98 Å². The van der Waals surface area contributed by atoms with Gasteiger partial charge in [0, 0.05) is 18.3 Å². The van der Waals surface area contributed by atoms with E-state index in [0.717, 1.165) is 17.8 Å². The van der Waals surface area contributed by atoms with Crippen LogP contribution in [0.25, 0.3) is 0 Å². The molecule has 0 fully saturated rings. The third-order valence-electron chi connectivity index (χ3n) is 2.47. The highest BCUT2D eigenvalue weighted by Gasteiger charge is 2.07. The molecule has 0 saturated carbocycles. The molecule has 0 spiro atoms. The molecule has 1 aromatic carbocycles. The Kier molecular flexibility index (Phi) is 4.22. The smallest absolute Gasteiger partial charge is 0.226 e. The van der Waals surface area contributed by atoms with E-state index in [9.17, 15) is 0 Å². The second kappa shape index (κ2) is 5.89. The standard InChI is InChI=1S/C14H16ClN3O/c1-4-16-14-17-10(3)8-13(18-14)19-12-7-9(2)5-6-11(12)15/h5-8H,4H2,1-3H3,(H,16,17,18). The Labute approximate surface area is 117 Å². The van der Waals surface area contributed by atoms with Gasteiger partial charge in [-0.15, -0.1) is 0 Å². The number of halogens is 1. The van der Waals surface area contributed by atoms with Gasteiger partial charge >= 0.3 is 0 Å². The summed E-state index contributed by atoms with van der Waals surface area (Å²) in [4.78, 5) is 8.56. The molecule has 0 aliphatic heterocycles. The topological polar surface area (TPSA) is 47.0 Å². The Morgan fingerprint density at radius 3 is 2.74 bits per heavy atom. The van der Waals surface area contributed by atoms with Crippen molar-refractivity contribution in [3.8, 4) is 11.6 Å². The summed E-state index contributed by atoms with van der Waals surface area (Å²) < 4.78 is 5.73. The summed E-state index contributed by atoms with van der Waals surface area (Å²) >= 11 is 6.10. The summed E-state index contributed by atoms with van der Waals surface area (Å²) in [6, 6.07) is 7.40. The molecule has 2 aromatic rings. The SMILES string of the molecule is CCNc1nc(C)cc(Oc2cc(C)ccc2Cl)n1. The second-order valence-electron chi connectivity index (χ2n) is 4.24. The van der Waals surface area contributed by atoms with E-state index >= 15 is 0 Å². The molecule has 1 aromatic heterocycles. The van der Waals surface area contributed by atoms with E-state index in [4.69, 9.17) is 16.3 Å². The highest BCUT2D eigenvalue weighted by atomic mass is 35.5. The van der Waals surface area contributed by atoms with E-state index in [0.29, 0.717) is 22.6 Å². The van der Waals surface area contributed by atoms with Crippen molar-refractivity contribution in [2.45, 2.75) is 20.8 Å². The lowest BCUT2D eigenvalue weighted by Crippen LogP contribution is -2.04.